The van der Waals surface area contributed by atoms with E-state index in [0.29, 0.717) is 5.56 Å². The quantitative estimate of drug-likeness (QED) is 0.472. The fourth-order valence-corrected chi connectivity index (χ4v) is 3.87. The molecular formula is C24H19N5O. The zero-order valence-electron chi connectivity index (χ0n) is 16.6. The van der Waals surface area contributed by atoms with Gasteiger partial charge in [0.05, 0.1) is 11.1 Å². The average molecular weight is 393 g/mol. The summed E-state index contributed by atoms with van der Waals surface area (Å²) in [5, 5.41) is 4.62. The van der Waals surface area contributed by atoms with E-state index < -0.39 is 0 Å². The predicted molar refractivity (Wildman–Crippen MR) is 118 cm³/mol. The normalized spacial score (nSPS) is 11.1. The van der Waals surface area contributed by atoms with Crippen LogP contribution in [0.2, 0.25) is 0 Å². The zero-order chi connectivity index (χ0) is 20.7. The molecule has 1 amide bonds. The first-order chi connectivity index (χ1) is 14.7. The van der Waals surface area contributed by atoms with Crippen LogP contribution in [0.15, 0.2) is 67.4 Å². The largest absolute Gasteiger partial charge is 0.355 e. The number of carbonyl (C=O) groups is 1. The van der Waals surface area contributed by atoms with E-state index >= 15 is 0 Å². The Hall–Kier alpha value is -4.06. The molecule has 146 valence electrons. The van der Waals surface area contributed by atoms with Gasteiger partial charge in [0.15, 0.2) is 0 Å². The number of nitrogens with one attached hydrogen (secondary N) is 2. The molecule has 0 atom stereocenters. The van der Waals surface area contributed by atoms with Crippen LogP contribution in [0.3, 0.4) is 0 Å². The van der Waals surface area contributed by atoms with E-state index in [0.717, 1.165) is 49.8 Å². The van der Waals surface area contributed by atoms with Gasteiger partial charge in [-0.1, -0.05) is 6.07 Å². The number of aromatic amines is 1. The van der Waals surface area contributed by atoms with Gasteiger partial charge >= 0.3 is 0 Å². The van der Waals surface area contributed by atoms with Crippen LogP contribution in [0.1, 0.15) is 15.9 Å². The fourth-order valence-electron chi connectivity index (χ4n) is 3.87. The monoisotopic (exact) mass is 393 g/mol. The van der Waals surface area contributed by atoms with Crippen molar-refractivity contribution >= 4 is 27.8 Å². The molecule has 0 radical (unpaired) electrons. The highest BCUT2D eigenvalue weighted by molar-refractivity contribution is 6.04. The maximum Gasteiger partial charge on any atom is 0.252 e. The molecule has 0 saturated carbocycles. The number of hydrogen-bond acceptors (Lipinski definition) is 4. The van der Waals surface area contributed by atoms with Crippen molar-refractivity contribution in [3.05, 3.63) is 78.5 Å². The summed E-state index contributed by atoms with van der Waals surface area (Å²) in [5.74, 6) is -0.158. The molecule has 0 saturated heterocycles. The first kappa shape index (κ1) is 18.0. The van der Waals surface area contributed by atoms with E-state index in [1.807, 2.05) is 36.8 Å². The van der Waals surface area contributed by atoms with Crippen LogP contribution in [0.4, 0.5) is 0 Å². The SMILES string of the molecule is CNC(=O)c1cnc2[nH]cc(-c3cc(C)c4nccc(-c5cccnc5)c4c3)c2c1. The van der Waals surface area contributed by atoms with Gasteiger partial charge in [-0.2, -0.15) is 0 Å². The molecule has 2 N–H and O–H groups in total. The Morgan fingerprint density at radius 2 is 1.87 bits per heavy atom. The highest BCUT2D eigenvalue weighted by atomic mass is 16.1. The van der Waals surface area contributed by atoms with Crippen LogP contribution in [-0.2, 0) is 0 Å². The lowest BCUT2D eigenvalue weighted by Gasteiger charge is -2.11. The van der Waals surface area contributed by atoms with Crippen LogP contribution in [0, 0.1) is 6.92 Å². The second-order valence-electron chi connectivity index (χ2n) is 7.19. The van der Waals surface area contributed by atoms with Crippen LogP contribution in [0.5, 0.6) is 0 Å². The lowest BCUT2D eigenvalue weighted by molar-refractivity contribution is 0.0963. The van der Waals surface area contributed by atoms with Crippen molar-refractivity contribution in [3.63, 3.8) is 0 Å². The van der Waals surface area contributed by atoms with E-state index in [4.69, 9.17) is 0 Å². The Morgan fingerprint density at radius 1 is 0.967 bits per heavy atom. The third kappa shape index (κ3) is 2.90. The van der Waals surface area contributed by atoms with Crippen molar-refractivity contribution in [1.29, 1.82) is 0 Å². The minimum absolute atomic E-state index is 0.158. The smallest absolute Gasteiger partial charge is 0.252 e. The summed E-state index contributed by atoms with van der Waals surface area (Å²) in [7, 11) is 1.62. The standard InChI is InChI=1S/C24H19N5O/c1-14-8-16(21-13-29-23-20(21)10-17(12-28-23)24(30)25-2)9-19-18(5-7-27-22(14)19)15-4-3-6-26-11-15/h3-13H,1-2H3,(H,25,30)(H,28,29). The summed E-state index contributed by atoms with van der Waals surface area (Å²) in [6.07, 6.45) is 8.99. The Kier molecular flexibility index (Phi) is 4.25. The number of benzene rings is 1. The summed E-state index contributed by atoms with van der Waals surface area (Å²) < 4.78 is 0. The second kappa shape index (κ2) is 7.08. The van der Waals surface area contributed by atoms with Gasteiger partial charge in [-0.3, -0.25) is 14.8 Å². The number of H-pyrrole nitrogens is 1. The molecule has 0 unspecified atom stereocenters. The molecule has 30 heavy (non-hydrogen) atoms. The molecule has 0 aliphatic rings. The van der Waals surface area contributed by atoms with Crippen molar-refractivity contribution in [2.24, 2.45) is 0 Å². The third-order valence-corrected chi connectivity index (χ3v) is 5.34. The van der Waals surface area contributed by atoms with Crippen molar-refractivity contribution < 1.29 is 4.79 Å². The van der Waals surface area contributed by atoms with E-state index in [1.165, 1.54) is 0 Å². The maximum absolute atomic E-state index is 12.1. The second-order valence-corrected chi connectivity index (χ2v) is 7.19. The average Bonchev–Trinajstić information content (AvgIpc) is 3.22. The van der Waals surface area contributed by atoms with Gasteiger partial charge in [0.2, 0.25) is 0 Å². The van der Waals surface area contributed by atoms with E-state index in [-0.39, 0.29) is 5.91 Å². The molecule has 4 aromatic heterocycles. The van der Waals surface area contributed by atoms with Gasteiger partial charge in [-0.05, 0) is 53.9 Å². The van der Waals surface area contributed by atoms with Gasteiger partial charge < -0.3 is 10.3 Å². The van der Waals surface area contributed by atoms with Gasteiger partial charge in [-0.25, -0.2) is 4.98 Å². The van der Waals surface area contributed by atoms with Crippen LogP contribution in [0.25, 0.3) is 44.2 Å². The van der Waals surface area contributed by atoms with E-state index in [9.17, 15) is 4.79 Å². The number of aryl methyl sites for hydroxylation is 1. The van der Waals surface area contributed by atoms with Gasteiger partial charge in [0, 0.05) is 59.9 Å². The maximum atomic E-state index is 12.1. The third-order valence-electron chi connectivity index (χ3n) is 5.34. The molecule has 0 aliphatic carbocycles. The Morgan fingerprint density at radius 3 is 2.67 bits per heavy atom. The molecule has 5 rings (SSSR count). The molecule has 6 heteroatoms. The minimum atomic E-state index is -0.158. The molecule has 5 aromatic rings. The summed E-state index contributed by atoms with van der Waals surface area (Å²) in [6, 6.07) is 12.1. The Bertz CT molecular complexity index is 1410. The number of nitrogens with zero attached hydrogens (tertiary/aromatic N) is 3. The Labute approximate surface area is 173 Å². The summed E-state index contributed by atoms with van der Waals surface area (Å²) in [6.45, 7) is 2.06. The molecule has 6 nitrogen and oxygen atoms in total. The Balaban J connectivity index is 1.75. The minimum Gasteiger partial charge on any atom is -0.355 e. The van der Waals surface area contributed by atoms with Gasteiger partial charge in [0.1, 0.15) is 5.65 Å². The number of hydrogen-bond donors (Lipinski definition) is 2. The number of amides is 1. The van der Waals surface area contributed by atoms with E-state index in [1.54, 1.807) is 19.4 Å². The summed E-state index contributed by atoms with van der Waals surface area (Å²) in [4.78, 5) is 28.6. The van der Waals surface area contributed by atoms with Crippen LogP contribution >= 0.6 is 0 Å². The van der Waals surface area contributed by atoms with Crippen molar-refractivity contribution in [3.8, 4) is 22.3 Å². The highest BCUT2D eigenvalue weighted by Crippen LogP contribution is 2.35. The number of aromatic nitrogens is 4. The first-order valence-electron chi connectivity index (χ1n) is 9.65. The molecule has 1 aromatic carbocycles. The van der Waals surface area contributed by atoms with Gasteiger partial charge in [-0.15, -0.1) is 0 Å². The molecule has 0 aliphatic heterocycles. The topological polar surface area (TPSA) is 83.6 Å². The number of rotatable bonds is 3. The fraction of sp³-hybridized carbons (Fsp3) is 0.0833. The molecule has 4 heterocycles. The molecule has 0 bridgehead atoms. The van der Waals surface area contributed by atoms with Gasteiger partial charge in [0.25, 0.3) is 5.91 Å². The van der Waals surface area contributed by atoms with E-state index in [2.05, 4.69) is 50.4 Å². The van der Waals surface area contributed by atoms with Crippen molar-refractivity contribution in [1.82, 2.24) is 25.3 Å². The number of carbonyl (C=O) groups excluding carboxylic acids is 1. The number of pyridine rings is 3. The molecular weight excluding hydrogens is 374 g/mol. The van der Waals surface area contributed by atoms with Crippen LogP contribution < -0.4 is 5.32 Å². The highest BCUT2D eigenvalue weighted by Gasteiger charge is 2.14. The number of fused-ring (bicyclic) bond motifs is 2. The van der Waals surface area contributed by atoms with Crippen LogP contribution in [-0.4, -0.2) is 32.9 Å². The predicted octanol–water partition coefficient (Wildman–Crippen LogP) is 4.51. The van der Waals surface area contributed by atoms with Crippen molar-refractivity contribution in [2.75, 3.05) is 7.05 Å². The lowest BCUT2D eigenvalue weighted by atomic mass is 9.95. The molecule has 0 fully saturated rings. The lowest BCUT2D eigenvalue weighted by Crippen LogP contribution is -2.17. The molecule has 0 spiro atoms. The zero-order valence-corrected chi connectivity index (χ0v) is 16.6. The summed E-state index contributed by atoms with van der Waals surface area (Å²) >= 11 is 0. The summed E-state index contributed by atoms with van der Waals surface area (Å²) in [5.41, 5.74) is 7.48. The first-order valence-corrected chi connectivity index (χ1v) is 9.65. The van der Waals surface area contributed by atoms with Crippen molar-refractivity contribution in [2.45, 2.75) is 6.92 Å².